The van der Waals surface area contributed by atoms with E-state index in [1.54, 1.807) is 12.5 Å². The van der Waals surface area contributed by atoms with Crippen molar-refractivity contribution in [2.24, 2.45) is 5.84 Å². The van der Waals surface area contributed by atoms with Crippen molar-refractivity contribution in [1.29, 1.82) is 0 Å². The van der Waals surface area contributed by atoms with Gasteiger partial charge in [-0.3, -0.25) is 10.1 Å². The Kier molecular flexibility index (Phi) is 4.39. The highest BCUT2D eigenvalue weighted by molar-refractivity contribution is 5.68. The second-order valence-electron chi connectivity index (χ2n) is 3.90. The van der Waals surface area contributed by atoms with Crippen LogP contribution >= 0.6 is 0 Å². The fourth-order valence-electron chi connectivity index (χ4n) is 1.67. The number of aromatic nitrogens is 4. The van der Waals surface area contributed by atoms with Gasteiger partial charge in [0.1, 0.15) is 6.33 Å². The zero-order valence-electron chi connectivity index (χ0n) is 10.6. The second kappa shape index (κ2) is 6.43. The zero-order chi connectivity index (χ0) is 14.4. The van der Waals surface area contributed by atoms with Gasteiger partial charge in [-0.1, -0.05) is 0 Å². The molecule has 2 aromatic rings. The van der Waals surface area contributed by atoms with Gasteiger partial charge in [0.05, 0.1) is 11.3 Å². The minimum atomic E-state index is -0.576. The van der Waals surface area contributed by atoms with Crippen molar-refractivity contribution in [3.8, 4) is 0 Å². The summed E-state index contributed by atoms with van der Waals surface area (Å²) >= 11 is 0. The zero-order valence-corrected chi connectivity index (χ0v) is 10.6. The summed E-state index contributed by atoms with van der Waals surface area (Å²) in [5.41, 5.74) is 1.92. The summed E-state index contributed by atoms with van der Waals surface area (Å²) < 4.78 is 1.92. The normalized spacial score (nSPS) is 10.2. The van der Waals surface area contributed by atoms with Gasteiger partial charge < -0.3 is 15.3 Å². The van der Waals surface area contributed by atoms with Crippen molar-refractivity contribution in [3.05, 3.63) is 35.2 Å². The van der Waals surface area contributed by atoms with Gasteiger partial charge >= 0.3 is 5.69 Å². The minimum Gasteiger partial charge on any atom is -0.364 e. The summed E-state index contributed by atoms with van der Waals surface area (Å²) in [5, 5.41) is 13.9. The molecule has 0 aliphatic rings. The quantitative estimate of drug-likeness (QED) is 0.286. The molecule has 4 N–H and O–H groups in total. The van der Waals surface area contributed by atoms with Crippen LogP contribution in [0, 0.1) is 10.1 Å². The number of nitrogens with zero attached hydrogens (tertiary/aromatic N) is 5. The highest BCUT2D eigenvalue weighted by Gasteiger charge is 2.21. The highest BCUT2D eigenvalue weighted by atomic mass is 16.6. The van der Waals surface area contributed by atoms with E-state index in [0.29, 0.717) is 6.54 Å². The Balaban J connectivity index is 1.96. The molecule has 0 saturated heterocycles. The lowest BCUT2D eigenvalue weighted by Crippen LogP contribution is -2.14. The maximum absolute atomic E-state index is 11.0. The molecule has 0 atom stereocenters. The molecule has 10 nitrogen and oxygen atoms in total. The van der Waals surface area contributed by atoms with Crippen molar-refractivity contribution >= 4 is 17.3 Å². The third-order valence-corrected chi connectivity index (χ3v) is 2.59. The molecule has 2 aromatic heterocycles. The summed E-state index contributed by atoms with van der Waals surface area (Å²) in [6.45, 7) is 1.29. The van der Waals surface area contributed by atoms with Crippen molar-refractivity contribution in [1.82, 2.24) is 19.5 Å². The summed E-state index contributed by atoms with van der Waals surface area (Å²) in [6, 6.07) is 0. The van der Waals surface area contributed by atoms with Crippen LogP contribution < -0.4 is 16.6 Å². The molecule has 20 heavy (non-hydrogen) atoms. The molecule has 0 aliphatic carbocycles. The number of imidazole rings is 1. The maximum atomic E-state index is 11.0. The van der Waals surface area contributed by atoms with Gasteiger partial charge in [0.2, 0.25) is 11.6 Å². The van der Waals surface area contributed by atoms with Gasteiger partial charge in [-0.15, -0.1) is 0 Å². The van der Waals surface area contributed by atoms with Gasteiger partial charge in [-0.05, 0) is 6.42 Å². The lowest BCUT2D eigenvalue weighted by atomic mass is 10.4. The van der Waals surface area contributed by atoms with Crippen LogP contribution in [0.4, 0.5) is 17.3 Å². The highest BCUT2D eigenvalue weighted by Crippen LogP contribution is 2.27. The third-order valence-electron chi connectivity index (χ3n) is 2.59. The van der Waals surface area contributed by atoms with Crippen LogP contribution in [0.5, 0.6) is 0 Å². The maximum Gasteiger partial charge on any atom is 0.354 e. The van der Waals surface area contributed by atoms with E-state index in [4.69, 9.17) is 5.84 Å². The monoisotopic (exact) mass is 278 g/mol. The Bertz CT molecular complexity index is 571. The van der Waals surface area contributed by atoms with Crippen LogP contribution in [-0.4, -0.2) is 31.0 Å². The van der Waals surface area contributed by atoms with E-state index in [9.17, 15) is 10.1 Å². The number of nitrogens with two attached hydrogens (primary N) is 1. The number of hydrogen-bond acceptors (Lipinski definition) is 8. The SMILES string of the molecule is NNc1ncnc(NCCCn2ccnc2)c1[N+](=O)[O-]. The third kappa shape index (κ3) is 3.17. The number of anilines is 2. The van der Waals surface area contributed by atoms with E-state index >= 15 is 0 Å². The van der Waals surface area contributed by atoms with Crippen LogP contribution in [0.15, 0.2) is 25.0 Å². The molecule has 0 radical (unpaired) electrons. The van der Waals surface area contributed by atoms with Crippen LogP contribution in [0.25, 0.3) is 0 Å². The Morgan fingerprint density at radius 1 is 1.40 bits per heavy atom. The molecular formula is C10H14N8O2. The lowest BCUT2D eigenvalue weighted by Gasteiger charge is -2.08. The molecule has 0 bridgehead atoms. The molecule has 0 unspecified atom stereocenters. The Morgan fingerprint density at radius 2 is 2.20 bits per heavy atom. The van der Waals surface area contributed by atoms with Crippen molar-refractivity contribution < 1.29 is 4.92 Å². The molecule has 0 aromatic carbocycles. The molecule has 10 heteroatoms. The fourth-order valence-corrected chi connectivity index (χ4v) is 1.67. The average molecular weight is 278 g/mol. The topological polar surface area (TPSA) is 137 Å². The Labute approximate surface area is 114 Å². The molecule has 0 fully saturated rings. The van der Waals surface area contributed by atoms with E-state index in [0.717, 1.165) is 13.0 Å². The van der Waals surface area contributed by atoms with Crippen LogP contribution in [-0.2, 0) is 6.54 Å². The number of hydrazine groups is 1. The predicted octanol–water partition coefficient (Wildman–Crippen LogP) is 0.369. The Morgan fingerprint density at radius 3 is 2.85 bits per heavy atom. The predicted molar refractivity (Wildman–Crippen MR) is 71.8 cm³/mol. The number of rotatable bonds is 7. The first-order chi connectivity index (χ1) is 9.72. The number of hydrogen-bond donors (Lipinski definition) is 3. The summed E-state index contributed by atoms with van der Waals surface area (Å²) in [5.74, 6) is 5.31. The molecule has 106 valence electrons. The van der Waals surface area contributed by atoms with E-state index in [2.05, 4.69) is 25.7 Å². The lowest BCUT2D eigenvalue weighted by molar-refractivity contribution is -0.383. The first-order valence-electron chi connectivity index (χ1n) is 5.88. The number of aryl methyl sites for hydroxylation is 1. The van der Waals surface area contributed by atoms with Gasteiger partial charge in [0.25, 0.3) is 0 Å². The largest absolute Gasteiger partial charge is 0.364 e. The van der Waals surface area contributed by atoms with E-state index in [-0.39, 0.29) is 17.3 Å². The Hall–Kier alpha value is -2.75. The smallest absolute Gasteiger partial charge is 0.354 e. The second-order valence-corrected chi connectivity index (χ2v) is 3.90. The number of nitro groups is 1. The molecule has 0 saturated carbocycles. The molecular weight excluding hydrogens is 264 g/mol. The summed E-state index contributed by atoms with van der Waals surface area (Å²) in [6.07, 6.45) is 7.23. The molecule has 2 heterocycles. The van der Waals surface area contributed by atoms with Crippen LogP contribution in [0.3, 0.4) is 0 Å². The van der Waals surface area contributed by atoms with Crippen molar-refractivity contribution in [3.63, 3.8) is 0 Å². The van der Waals surface area contributed by atoms with Crippen molar-refractivity contribution in [2.45, 2.75) is 13.0 Å². The van der Waals surface area contributed by atoms with E-state index in [1.165, 1.54) is 6.33 Å². The van der Waals surface area contributed by atoms with Crippen molar-refractivity contribution in [2.75, 3.05) is 17.3 Å². The summed E-state index contributed by atoms with van der Waals surface area (Å²) in [4.78, 5) is 21.9. The molecule has 2 rings (SSSR count). The van der Waals surface area contributed by atoms with Gasteiger partial charge in [0, 0.05) is 25.5 Å². The summed E-state index contributed by atoms with van der Waals surface area (Å²) in [7, 11) is 0. The first kappa shape index (κ1) is 13.7. The number of nitrogen functional groups attached to an aromatic ring is 1. The van der Waals surface area contributed by atoms with Crippen LogP contribution in [0.1, 0.15) is 6.42 Å². The molecule has 0 spiro atoms. The molecule has 0 amide bonds. The van der Waals surface area contributed by atoms with E-state index in [1.807, 2.05) is 10.8 Å². The molecule has 0 aliphatic heterocycles. The average Bonchev–Trinajstić information content (AvgIpc) is 2.96. The first-order valence-corrected chi connectivity index (χ1v) is 5.88. The van der Waals surface area contributed by atoms with Gasteiger partial charge in [-0.25, -0.2) is 20.8 Å². The van der Waals surface area contributed by atoms with Crippen LogP contribution in [0.2, 0.25) is 0 Å². The van der Waals surface area contributed by atoms with Gasteiger partial charge in [0.15, 0.2) is 0 Å². The number of nitrogens with one attached hydrogen (secondary N) is 2. The van der Waals surface area contributed by atoms with E-state index < -0.39 is 4.92 Å². The fraction of sp³-hybridized carbons (Fsp3) is 0.300. The standard InChI is InChI=1S/C10H14N8O2/c11-16-10-8(18(19)20)9(14-6-15-10)13-2-1-4-17-5-3-12-7-17/h3,5-7H,1-2,4,11H2,(H2,13,14,15,16). The van der Waals surface area contributed by atoms with Gasteiger partial charge in [-0.2, -0.15) is 0 Å². The minimum absolute atomic E-state index is 0.0258.